The van der Waals surface area contributed by atoms with E-state index in [1.165, 1.54) is 16.2 Å². The highest BCUT2D eigenvalue weighted by Gasteiger charge is 2.28. The molecule has 1 saturated heterocycles. The Morgan fingerprint density at radius 2 is 1.76 bits per heavy atom. The van der Waals surface area contributed by atoms with E-state index in [-0.39, 0.29) is 37.1 Å². The predicted octanol–water partition coefficient (Wildman–Crippen LogP) is 3.32. The van der Waals surface area contributed by atoms with Gasteiger partial charge in [-0.1, -0.05) is 23.7 Å². The summed E-state index contributed by atoms with van der Waals surface area (Å²) >= 11 is 7.36. The average Bonchev–Trinajstić information content (AvgIpc) is 3.14. The Bertz CT molecular complexity index is 800. The number of carbonyl (C=O) groups excluding carboxylic acids is 3. The second-order valence-corrected chi connectivity index (χ2v) is 7.74. The van der Waals surface area contributed by atoms with E-state index in [1.807, 2.05) is 12.1 Å². The van der Waals surface area contributed by atoms with E-state index in [4.69, 9.17) is 11.6 Å². The summed E-state index contributed by atoms with van der Waals surface area (Å²) in [5.74, 6) is -0.372. The first kappa shape index (κ1) is 17.6. The van der Waals surface area contributed by atoms with Crippen LogP contribution in [0.1, 0.15) is 33.6 Å². The van der Waals surface area contributed by atoms with Crippen molar-refractivity contribution in [2.45, 2.75) is 25.9 Å². The van der Waals surface area contributed by atoms with Crippen LogP contribution in [0.3, 0.4) is 0 Å². The van der Waals surface area contributed by atoms with Crippen molar-refractivity contribution in [3.05, 3.63) is 56.7 Å². The van der Waals surface area contributed by atoms with Crippen LogP contribution in [0, 0.1) is 0 Å². The number of benzene rings is 1. The SMILES string of the molecule is CN(Cc1ccc(Cl)s1)C(=O)c1ccc(CN2C(=O)CCC2=O)cc1. The molecule has 2 aromatic rings. The number of likely N-dealkylation sites (tertiary alicyclic amines) is 1. The lowest BCUT2D eigenvalue weighted by Gasteiger charge is -2.17. The van der Waals surface area contributed by atoms with Crippen molar-refractivity contribution in [2.24, 2.45) is 0 Å². The molecule has 2 heterocycles. The van der Waals surface area contributed by atoms with Crippen LogP contribution >= 0.6 is 22.9 Å². The van der Waals surface area contributed by atoms with Gasteiger partial charge in [0, 0.05) is 30.3 Å². The lowest BCUT2D eigenvalue weighted by molar-refractivity contribution is -0.139. The number of hydrogen-bond donors (Lipinski definition) is 0. The highest BCUT2D eigenvalue weighted by molar-refractivity contribution is 7.16. The Labute approximate surface area is 154 Å². The van der Waals surface area contributed by atoms with Gasteiger partial charge in [-0.15, -0.1) is 11.3 Å². The minimum absolute atomic E-state index is 0.0932. The molecule has 1 aliphatic heterocycles. The molecule has 5 nitrogen and oxygen atoms in total. The third-order valence-electron chi connectivity index (χ3n) is 4.06. The summed E-state index contributed by atoms with van der Waals surface area (Å²) in [6, 6.07) is 10.7. The molecule has 0 bridgehead atoms. The molecule has 3 amide bonds. The molecule has 3 rings (SSSR count). The fraction of sp³-hybridized carbons (Fsp3) is 0.278. The van der Waals surface area contributed by atoms with E-state index in [2.05, 4.69) is 0 Å². The first-order chi connectivity index (χ1) is 11.9. The van der Waals surface area contributed by atoms with Crippen LogP contribution in [-0.2, 0) is 22.7 Å². The number of halogens is 1. The summed E-state index contributed by atoms with van der Waals surface area (Å²) in [6.07, 6.45) is 0.569. The maximum atomic E-state index is 12.5. The van der Waals surface area contributed by atoms with Crippen molar-refractivity contribution in [2.75, 3.05) is 7.05 Å². The summed E-state index contributed by atoms with van der Waals surface area (Å²) in [6.45, 7) is 0.754. The van der Waals surface area contributed by atoms with Crippen molar-refractivity contribution in [3.63, 3.8) is 0 Å². The Morgan fingerprint density at radius 3 is 2.32 bits per heavy atom. The fourth-order valence-electron chi connectivity index (χ4n) is 2.70. The molecule has 1 aromatic carbocycles. The molecule has 0 saturated carbocycles. The van der Waals surface area contributed by atoms with E-state index < -0.39 is 0 Å². The molecule has 7 heteroatoms. The normalized spacial score (nSPS) is 14.2. The van der Waals surface area contributed by atoms with Gasteiger partial charge in [0.25, 0.3) is 5.91 Å². The minimum Gasteiger partial charge on any atom is -0.337 e. The molecule has 1 aromatic heterocycles. The monoisotopic (exact) mass is 376 g/mol. The van der Waals surface area contributed by atoms with Crippen molar-refractivity contribution in [1.82, 2.24) is 9.80 Å². The topological polar surface area (TPSA) is 57.7 Å². The Kier molecular flexibility index (Phi) is 5.20. The van der Waals surface area contributed by atoms with E-state index in [0.29, 0.717) is 16.4 Å². The van der Waals surface area contributed by atoms with Gasteiger partial charge in [-0.25, -0.2) is 0 Å². The highest BCUT2D eigenvalue weighted by Crippen LogP contribution is 2.23. The van der Waals surface area contributed by atoms with Crippen molar-refractivity contribution < 1.29 is 14.4 Å². The average molecular weight is 377 g/mol. The molecule has 1 aliphatic rings. The zero-order valence-corrected chi connectivity index (χ0v) is 15.3. The minimum atomic E-state index is -0.139. The third-order valence-corrected chi connectivity index (χ3v) is 5.28. The van der Waals surface area contributed by atoms with Gasteiger partial charge in [0.15, 0.2) is 0 Å². The quantitative estimate of drug-likeness (QED) is 0.752. The maximum absolute atomic E-state index is 12.5. The third kappa shape index (κ3) is 4.08. The fourth-order valence-corrected chi connectivity index (χ4v) is 3.84. The molecule has 0 spiro atoms. The lowest BCUT2D eigenvalue weighted by Crippen LogP contribution is -2.28. The number of rotatable bonds is 5. The second kappa shape index (κ2) is 7.37. The molecular weight excluding hydrogens is 360 g/mol. The maximum Gasteiger partial charge on any atom is 0.253 e. The summed E-state index contributed by atoms with van der Waals surface area (Å²) in [5, 5.41) is 0. The first-order valence-electron chi connectivity index (χ1n) is 7.86. The molecule has 130 valence electrons. The molecule has 0 unspecified atom stereocenters. The highest BCUT2D eigenvalue weighted by atomic mass is 35.5. The number of amides is 3. The van der Waals surface area contributed by atoms with Crippen LogP contribution in [0.4, 0.5) is 0 Å². The van der Waals surface area contributed by atoms with Crippen molar-refractivity contribution in [1.29, 1.82) is 0 Å². The number of imide groups is 1. The van der Waals surface area contributed by atoms with Gasteiger partial charge in [0.05, 0.1) is 17.4 Å². The largest absolute Gasteiger partial charge is 0.337 e. The van der Waals surface area contributed by atoms with E-state index in [9.17, 15) is 14.4 Å². The van der Waals surface area contributed by atoms with Crippen molar-refractivity contribution >= 4 is 40.7 Å². The molecule has 0 aliphatic carbocycles. The van der Waals surface area contributed by atoms with Gasteiger partial charge in [-0.2, -0.15) is 0 Å². The zero-order chi connectivity index (χ0) is 18.0. The summed E-state index contributed by atoms with van der Waals surface area (Å²) in [4.78, 5) is 39.7. The van der Waals surface area contributed by atoms with E-state index >= 15 is 0 Å². The Morgan fingerprint density at radius 1 is 1.12 bits per heavy atom. The van der Waals surface area contributed by atoms with E-state index in [1.54, 1.807) is 36.2 Å². The zero-order valence-electron chi connectivity index (χ0n) is 13.7. The van der Waals surface area contributed by atoms with Gasteiger partial charge in [0.1, 0.15) is 0 Å². The number of hydrogen-bond acceptors (Lipinski definition) is 4. The van der Waals surface area contributed by atoms with Crippen LogP contribution in [-0.4, -0.2) is 34.6 Å². The van der Waals surface area contributed by atoms with Gasteiger partial charge < -0.3 is 4.90 Å². The van der Waals surface area contributed by atoms with Gasteiger partial charge in [-0.3, -0.25) is 19.3 Å². The van der Waals surface area contributed by atoms with Crippen molar-refractivity contribution in [3.8, 4) is 0 Å². The van der Waals surface area contributed by atoms with Gasteiger partial charge in [-0.05, 0) is 29.8 Å². The predicted molar refractivity (Wildman–Crippen MR) is 96.4 cm³/mol. The number of nitrogens with zero attached hydrogens (tertiary/aromatic N) is 2. The summed E-state index contributed by atoms with van der Waals surface area (Å²) < 4.78 is 0.700. The lowest BCUT2D eigenvalue weighted by atomic mass is 10.1. The van der Waals surface area contributed by atoms with Crippen LogP contribution < -0.4 is 0 Å². The van der Waals surface area contributed by atoms with Crippen LogP contribution in [0.2, 0.25) is 4.34 Å². The second-order valence-electron chi connectivity index (χ2n) is 5.94. The first-order valence-corrected chi connectivity index (χ1v) is 9.05. The molecule has 0 radical (unpaired) electrons. The Balaban J connectivity index is 1.64. The van der Waals surface area contributed by atoms with Crippen LogP contribution in [0.15, 0.2) is 36.4 Å². The van der Waals surface area contributed by atoms with Gasteiger partial charge >= 0.3 is 0 Å². The molecule has 25 heavy (non-hydrogen) atoms. The summed E-state index contributed by atoms with van der Waals surface area (Å²) in [5.41, 5.74) is 1.39. The number of carbonyl (C=O) groups is 3. The van der Waals surface area contributed by atoms with Gasteiger partial charge in [0.2, 0.25) is 11.8 Å². The standard InChI is InChI=1S/C18H17ClN2O3S/c1-20(11-14-6-7-15(19)25-14)18(24)13-4-2-12(3-5-13)10-21-16(22)8-9-17(21)23/h2-7H,8-11H2,1H3. The van der Waals surface area contributed by atoms with Crippen LogP contribution in [0.25, 0.3) is 0 Å². The van der Waals surface area contributed by atoms with E-state index in [0.717, 1.165) is 10.4 Å². The summed E-state index contributed by atoms with van der Waals surface area (Å²) in [7, 11) is 1.74. The Hall–Kier alpha value is -2.18. The number of thiophene rings is 1. The smallest absolute Gasteiger partial charge is 0.253 e. The molecule has 0 atom stereocenters. The molecular formula is C18H17ClN2O3S. The molecule has 1 fully saturated rings. The molecule has 0 N–H and O–H groups in total. The van der Waals surface area contributed by atoms with Crippen LogP contribution in [0.5, 0.6) is 0 Å².